The van der Waals surface area contributed by atoms with Crippen LogP contribution in [0.3, 0.4) is 0 Å². The molecule has 0 radical (unpaired) electrons. The fraction of sp³-hybridized carbons (Fsp3) is 0.429. The van der Waals surface area contributed by atoms with E-state index >= 15 is 0 Å². The molecule has 2 aliphatic rings. The first-order chi connectivity index (χ1) is 9.63. The van der Waals surface area contributed by atoms with Crippen LogP contribution in [-0.4, -0.2) is 46.0 Å². The van der Waals surface area contributed by atoms with Gasteiger partial charge in [-0.25, -0.2) is 8.42 Å². The molecule has 108 valence electrons. The third-order valence-electron chi connectivity index (χ3n) is 3.87. The Morgan fingerprint density at radius 1 is 1.25 bits per heavy atom. The van der Waals surface area contributed by atoms with Crippen molar-refractivity contribution in [3.8, 4) is 0 Å². The van der Waals surface area contributed by atoms with E-state index in [2.05, 4.69) is 10.2 Å². The Labute approximate surface area is 119 Å². The van der Waals surface area contributed by atoms with Crippen molar-refractivity contribution >= 4 is 15.9 Å². The van der Waals surface area contributed by atoms with Crippen LogP contribution in [0.1, 0.15) is 11.1 Å². The van der Waals surface area contributed by atoms with Crippen LogP contribution in [0.5, 0.6) is 0 Å². The number of nitrogens with zero attached hydrogens (tertiary/aromatic N) is 1. The molecule has 20 heavy (non-hydrogen) atoms. The van der Waals surface area contributed by atoms with Crippen LogP contribution >= 0.6 is 0 Å². The Morgan fingerprint density at radius 2 is 2.00 bits per heavy atom. The Hall–Kier alpha value is -1.21. The van der Waals surface area contributed by atoms with Gasteiger partial charge in [-0.2, -0.15) is 0 Å². The van der Waals surface area contributed by atoms with Gasteiger partial charge in [0.15, 0.2) is 0 Å². The van der Waals surface area contributed by atoms with E-state index in [1.54, 1.807) is 12.1 Å². The van der Waals surface area contributed by atoms with E-state index in [4.69, 9.17) is 5.73 Å². The number of piperazine rings is 1. The van der Waals surface area contributed by atoms with Crippen LogP contribution in [0.25, 0.3) is 6.08 Å². The smallest absolute Gasteiger partial charge is 0.204 e. The second-order valence-corrected chi connectivity index (χ2v) is 7.12. The highest BCUT2D eigenvalue weighted by atomic mass is 32.2. The number of benzene rings is 1. The third-order valence-corrected chi connectivity index (χ3v) is 5.84. The second kappa shape index (κ2) is 5.29. The highest BCUT2D eigenvalue weighted by molar-refractivity contribution is 7.96. The molecule has 0 spiro atoms. The first kappa shape index (κ1) is 13.8. The molecule has 0 amide bonds. The van der Waals surface area contributed by atoms with Crippen molar-refractivity contribution in [3.05, 3.63) is 34.2 Å². The van der Waals surface area contributed by atoms with Crippen molar-refractivity contribution in [1.29, 1.82) is 0 Å². The molecule has 1 fully saturated rings. The standard InChI is InChI=1S/C14H19N3O2S/c15-9-12-3-1-2-11-8-13(20(18,19)14(11)12)10-17-6-4-16-5-7-17/h1-3,8,16H,4-7,9-10,15H2. The van der Waals surface area contributed by atoms with Crippen LogP contribution < -0.4 is 11.1 Å². The summed E-state index contributed by atoms with van der Waals surface area (Å²) in [5.74, 6) is 0. The fourth-order valence-corrected chi connectivity index (χ4v) is 4.64. The lowest BCUT2D eigenvalue weighted by atomic mass is 10.1. The lowest BCUT2D eigenvalue weighted by Gasteiger charge is -2.27. The Balaban J connectivity index is 1.92. The highest BCUT2D eigenvalue weighted by Gasteiger charge is 2.32. The number of rotatable bonds is 3. The molecule has 0 atom stereocenters. The average Bonchev–Trinajstić information content (AvgIpc) is 2.71. The lowest BCUT2D eigenvalue weighted by Crippen LogP contribution is -2.44. The maximum absolute atomic E-state index is 12.7. The minimum absolute atomic E-state index is 0.247. The predicted molar refractivity (Wildman–Crippen MR) is 78.8 cm³/mol. The van der Waals surface area contributed by atoms with Gasteiger partial charge in [-0.1, -0.05) is 18.2 Å². The van der Waals surface area contributed by atoms with Crippen molar-refractivity contribution in [2.24, 2.45) is 5.73 Å². The monoisotopic (exact) mass is 293 g/mol. The summed E-state index contributed by atoms with van der Waals surface area (Å²) in [7, 11) is -3.37. The SMILES string of the molecule is NCc1cccc2c1S(=O)(=O)C(CN1CCNCC1)=C2. The number of fused-ring (bicyclic) bond motifs is 1. The van der Waals surface area contributed by atoms with Crippen LogP contribution in [0, 0.1) is 0 Å². The third kappa shape index (κ3) is 2.29. The molecule has 0 aromatic heterocycles. The maximum Gasteiger partial charge on any atom is 0.204 e. The van der Waals surface area contributed by atoms with E-state index in [1.807, 2.05) is 12.1 Å². The Bertz CT molecular complexity index is 646. The molecule has 1 saturated heterocycles. The van der Waals surface area contributed by atoms with E-state index < -0.39 is 9.84 Å². The summed E-state index contributed by atoms with van der Waals surface area (Å²) < 4.78 is 25.3. The molecule has 5 nitrogen and oxygen atoms in total. The maximum atomic E-state index is 12.7. The molecule has 0 unspecified atom stereocenters. The molecular weight excluding hydrogens is 274 g/mol. The minimum Gasteiger partial charge on any atom is -0.326 e. The van der Waals surface area contributed by atoms with E-state index in [1.165, 1.54) is 0 Å². The van der Waals surface area contributed by atoms with Crippen molar-refractivity contribution in [3.63, 3.8) is 0 Å². The quantitative estimate of drug-likeness (QED) is 0.831. The number of hydrogen-bond donors (Lipinski definition) is 2. The molecule has 3 rings (SSSR count). The molecule has 3 N–H and O–H groups in total. The molecule has 0 aliphatic carbocycles. The summed E-state index contributed by atoms with van der Waals surface area (Å²) in [6.45, 7) is 4.32. The van der Waals surface area contributed by atoms with Crippen LogP contribution in [0.2, 0.25) is 0 Å². The molecule has 0 bridgehead atoms. The van der Waals surface area contributed by atoms with Gasteiger partial charge in [-0.3, -0.25) is 4.90 Å². The number of nitrogens with one attached hydrogen (secondary N) is 1. The van der Waals surface area contributed by atoms with E-state index in [9.17, 15) is 8.42 Å². The molecule has 2 aliphatic heterocycles. The molecule has 6 heteroatoms. The molecule has 2 heterocycles. The predicted octanol–water partition coefficient (Wildman–Crippen LogP) is 0.179. The second-order valence-electron chi connectivity index (χ2n) is 5.18. The topological polar surface area (TPSA) is 75.4 Å². The zero-order valence-electron chi connectivity index (χ0n) is 11.3. The van der Waals surface area contributed by atoms with Crippen molar-refractivity contribution in [1.82, 2.24) is 10.2 Å². The van der Waals surface area contributed by atoms with Gasteiger partial charge in [0.25, 0.3) is 0 Å². The summed E-state index contributed by atoms with van der Waals surface area (Å²) in [4.78, 5) is 3.08. The minimum atomic E-state index is -3.37. The number of hydrogen-bond acceptors (Lipinski definition) is 5. The van der Waals surface area contributed by atoms with E-state index in [0.717, 1.165) is 31.7 Å². The zero-order valence-corrected chi connectivity index (χ0v) is 12.1. The lowest BCUT2D eigenvalue weighted by molar-refractivity contribution is 0.263. The first-order valence-corrected chi connectivity index (χ1v) is 8.32. The molecule has 1 aromatic rings. The van der Waals surface area contributed by atoms with Crippen LogP contribution in [0.15, 0.2) is 28.0 Å². The van der Waals surface area contributed by atoms with Gasteiger partial charge in [-0.05, 0) is 17.2 Å². The van der Waals surface area contributed by atoms with Crippen molar-refractivity contribution in [2.45, 2.75) is 11.4 Å². The van der Waals surface area contributed by atoms with Gasteiger partial charge < -0.3 is 11.1 Å². The van der Waals surface area contributed by atoms with Crippen molar-refractivity contribution in [2.75, 3.05) is 32.7 Å². The average molecular weight is 293 g/mol. The normalized spacial score (nSPS) is 21.6. The summed E-state index contributed by atoms with van der Waals surface area (Å²) in [6.07, 6.45) is 1.80. The van der Waals surface area contributed by atoms with Gasteiger partial charge in [0.05, 0.1) is 9.80 Å². The van der Waals surface area contributed by atoms with Crippen LogP contribution in [0.4, 0.5) is 0 Å². The number of nitrogens with two attached hydrogens (primary N) is 1. The van der Waals surface area contributed by atoms with Crippen molar-refractivity contribution < 1.29 is 8.42 Å². The van der Waals surface area contributed by atoms with E-state index in [-0.39, 0.29) is 6.54 Å². The highest BCUT2D eigenvalue weighted by Crippen LogP contribution is 2.35. The van der Waals surface area contributed by atoms with E-state index in [0.29, 0.717) is 21.9 Å². The van der Waals surface area contributed by atoms with Gasteiger partial charge in [-0.15, -0.1) is 0 Å². The molecular formula is C14H19N3O2S. The largest absolute Gasteiger partial charge is 0.326 e. The summed E-state index contributed by atoms with van der Waals surface area (Å²) in [5.41, 5.74) is 7.15. The molecule has 1 aromatic carbocycles. The zero-order chi connectivity index (χ0) is 14.2. The number of sulfone groups is 1. The Kier molecular flexibility index (Phi) is 3.64. The summed E-state index contributed by atoms with van der Waals surface area (Å²) in [5, 5.41) is 3.27. The van der Waals surface area contributed by atoms with Gasteiger partial charge in [0, 0.05) is 39.3 Å². The Morgan fingerprint density at radius 3 is 2.70 bits per heavy atom. The van der Waals surface area contributed by atoms with Gasteiger partial charge >= 0.3 is 0 Å². The van der Waals surface area contributed by atoms with Gasteiger partial charge in [0.2, 0.25) is 9.84 Å². The fourth-order valence-electron chi connectivity index (χ4n) is 2.81. The summed E-state index contributed by atoms with van der Waals surface area (Å²) >= 11 is 0. The van der Waals surface area contributed by atoms with Crippen LogP contribution in [-0.2, 0) is 16.4 Å². The first-order valence-electron chi connectivity index (χ1n) is 6.83. The summed E-state index contributed by atoms with van der Waals surface area (Å²) in [6, 6.07) is 5.50. The van der Waals surface area contributed by atoms with Gasteiger partial charge in [0.1, 0.15) is 0 Å². The molecule has 0 saturated carbocycles.